The molecule has 128 valence electrons. The van der Waals surface area contributed by atoms with Crippen LogP contribution in [0.25, 0.3) is 0 Å². The molecule has 0 heterocycles. The molecular formula is C20H25NO3. The quantitative estimate of drug-likeness (QED) is 0.829. The topological polar surface area (TPSA) is 49.8 Å². The average Bonchev–Trinajstić information content (AvgIpc) is 2.54. The summed E-state index contributed by atoms with van der Waals surface area (Å²) in [6.07, 6.45) is 0. The first kappa shape index (κ1) is 18.2. The summed E-state index contributed by atoms with van der Waals surface area (Å²) in [5, 5.41) is 11.3. The molecule has 0 radical (unpaired) electrons. The molecule has 2 rings (SSSR count). The Morgan fingerprint density at radius 1 is 0.958 bits per heavy atom. The Labute approximate surface area is 143 Å². The number of hydrogen-bond acceptors (Lipinski definition) is 4. The molecule has 0 aromatic heterocycles. The molecule has 0 amide bonds. The first-order valence-corrected chi connectivity index (χ1v) is 7.97. The zero-order chi connectivity index (χ0) is 17.8. The normalized spacial score (nSPS) is 12.2. The summed E-state index contributed by atoms with van der Waals surface area (Å²) < 4.78 is 5.69. The van der Waals surface area contributed by atoms with Crippen molar-refractivity contribution >= 4 is 5.97 Å². The van der Waals surface area contributed by atoms with Crippen LogP contribution >= 0.6 is 0 Å². The van der Waals surface area contributed by atoms with Crippen LogP contribution < -0.4 is 0 Å². The summed E-state index contributed by atoms with van der Waals surface area (Å²) in [4.78, 5) is 14.9. The van der Waals surface area contributed by atoms with Gasteiger partial charge in [0, 0.05) is 6.54 Å². The van der Waals surface area contributed by atoms with Gasteiger partial charge in [0.1, 0.15) is 5.60 Å². The lowest BCUT2D eigenvalue weighted by atomic mass is 9.86. The molecule has 0 unspecified atom stereocenters. The van der Waals surface area contributed by atoms with Gasteiger partial charge in [-0.15, -0.1) is 0 Å². The molecular weight excluding hydrogens is 302 g/mol. The van der Waals surface area contributed by atoms with E-state index in [4.69, 9.17) is 4.74 Å². The van der Waals surface area contributed by atoms with E-state index in [1.54, 1.807) is 48.5 Å². The molecule has 4 nitrogen and oxygen atoms in total. The fourth-order valence-corrected chi connectivity index (χ4v) is 2.88. The van der Waals surface area contributed by atoms with Gasteiger partial charge in [-0.05, 0) is 39.1 Å². The molecule has 0 aliphatic heterocycles. The number of likely N-dealkylation sites (N-methyl/N-ethyl adjacent to an activating group) is 1. The predicted molar refractivity (Wildman–Crippen MR) is 94.6 cm³/mol. The van der Waals surface area contributed by atoms with Crippen molar-refractivity contribution in [3.8, 4) is 0 Å². The van der Waals surface area contributed by atoms with E-state index in [1.165, 1.54) is 0 Å². The second-order valence-electron chi connectivity index (χ2n) is 6.83. The Hall–Kier alpha value is -2.17. The van der Waals surface area contributed by atoms with E-state index in [1.807, 2.05) is 45.0 Å². The molecule has 0 saturated carbocycles. The number of benzene rings is 2. The third-order valence-corrected chi connectivity index (χ3v) is 3.74. The van der Waals surface area contributed by atoms with Crippen molar-refractivity contribution in [2.75, 3.05) is 20.6 Å². The highest BCUT2D eigenvalue weighted by Gasteiger charge is 2.43. The highest BCUT2D eigenvalue weighted by atomic mass is 16.6. The molecule has 2 aromatic rings. The SMILES string of the molecule is CN(C)CC(C)(C)OC(=O)C(O)(c1ccccc1)c1ccccc1. The molecule has 0 bridgehead atoms. The van der Waals surface area contributed by atoms with E-state index in [2.05, 4.69) is 0 Å². The number of rotatable bonds is 6. The molecule has 0 aliphatic carbocycles. The van der Waals surface area contributed by atoms with Crippen molar-refractivity contribution in [2.24, 2.45) is 0 Å². The number of hydrogen-bond donors (Lipinski definition) is 1. The van der Waals surface area contributed by atoms with Gasteiger partial charge in [-0.2, -0.15) is 0 Å². The highest BCUT2D eigenvalue weighted by Crippen LogP contribution is 2.32. The molecule has 0 saturated heterocycles. The van der Waals surface area contributed by atoms with E-state index in [-0.39, 0.29) is 0 Å². The van der Waals surface area contributed by atoms with Gasteiger partial charge in [0.15, 0.2) is 0 Å². The fraction of sp³-hybridized carbons (Fsp3) is 0.350. The largest absolute Gasteiger partial charge is 0.456 e. The van der Waals surface area contributed by atoms with Crippen LogP contribution in [0.4, 0.5) is 0 Å². The van der Waals surface area contributed by atoms with Crippen molar-refractivity contribution in [2.45, 2.75) is 25.0 Å². The van der Waals surface area contributed by atoms with Crippen LogP contribution in [-0.2, 0) is 15.1 Å². The Morgan fingerprint density at radius 3 is 1.75 bits per heavy atom. The summed E-state index contributed by atoms with van der Waals surface area (Å²) >= 11 is 0. The Morgan fingerprint density at radius 2 is 1.38 bits per heavy atom. The van der Waals surface area contributed by atoms with Crippen molar-refractivity contribution < 1.29 is 14.6 Å². The summed E-state index contributed by atoms with van der Waals surface area (Å²) in [6, 6.07) is 17.8. The van der Waals surface area contributed by atoms with Gasteiger partial charge in [-0.1, -0.05) is 60.7 Å². The van der Waals surface area contributed by atoms with Crippen molar-refractivity contribution in [3.63, 3.8) is 0 Å². The first-order chi connectivity index (χ1) is 11.3. The summed E-state index contributed by atoms with van der Waals surface area (Å²) in [7, 11) is 3.83. The average molecular weight is 327 g/mol. The molecule has 0 fully saturated rings. The first-order valence-electron chi connectivity index (χ1n) is 7.97. The summed E-state index contributed by atoms with van der Waals surface area (Å²) in [6.45, 7) is 4.22. The number of esters is 1. The second-order valence-corrected chi connectivity index (χ2v) is 6.83. The molecule has 0 aliphatic rings. The fourth-order valence-electron chi connectivity index (χ4n) is 2.88. The third kappa shape index (κ3) is 4.02. The van der Waals surface area contributed by atoms with E-state index in [0.717, 1.165) is 0 Å². The molecule has 24 heavy (non-hydrogen) atoms. The van der Waals surface area contributed by atoms with Crippen molar-refractivity contribution in [1.29, 1.82) is 0 Å². The van der Waals surface area contributed by atoms with E-state index >= 15 is 0 Å². The molecule has 0 spiro atoms. The zero-order valence-electron chi connectivity index (χ0n) is 14.7. The number of carbonyl (C=O) groups is 1. The maximum absolute atomic E-state index is 13.0. The minimum Gasteiger partial charge on any atom is -0.456 e. The van der Waals surface area contributed by atoms with Crippen LogP contribution in [0.1, 0.15) is 25.0 Å². The smallest absolute Gasteiger partial charge is 0.348 e. The van der Waals surface area contributed by atoms with E-state index in [0.29, 0.717) is 17.7 Å². The summed E-state index contributed by atoms with van der Waals surface area (Å²) in [5.41, 5.74) is -1.59. The lowest BCUT2D eigenvalue weighted by Gasteiger charge is -2.34. The van der Waals surface area contributed by atoms with Gasteiger partial charge in [-0.25, -0.2) is 4.79 Å². The monoisotopic (exact) mass is 327 g/mol. The van der Waals surface area contributed by atoms with Crippen molar-refractivity contribution in [3.05, 3.63) is 71.8 Å². The Balaban J connectivity index is 2.42. The predicted octanol–water partition coefficient (Wildman–Crippen LogP) is 2.81. The summed E-state index contributed by atoms with van der Waals surface area (Å²) in [5.74, 6) is -0.674. The maximum atomic E-state index is 13.0. The standard InChI is InChI=1S/C20H25NO3/c1-19(2,15-21(3)4)24-18(22)20(23,16-11-7-5-8-12-16)17-13-9-6-10-14-17/h5-14,23H,15H2,1-4H3. The van der Waals surface area contributed by atoms with Gasteiger partial charge in [-0.3, -0.25) is 0 Å². The van der Waals surface area contributed by atoms with Crippen LogP contribution in [0.3, 0.4) is 0 Å². The van der Waals surface area contributed by atoms with Crippen LogP contribution in [-0.4, -0.2) is 42.2 Å². The van der Waals surface area contributed by atoms with Crippen LogP contribution in [0.5, 0.6) is 0 Å². The lowest BCUT2D eigenvalue weighted by Crippen LogP contribution is -2.46. The van der Waals surface area contributed by atoms with Gasteiger partial charge in [0.05, 0.1) is 0 Å². The Bertz CT molecular complexity index is 626. The lowest BCUT2D eigenvalue weighted by molar-refractivity contribution is -0.176. The molecule has 1 N–H and O–H groups in total. The van der Waals surface area contributed by atoms with E-state index in [9.17, 15) is 9.90 Å². The Kier molecular flexibility index (Phi) is 5.42. The van der Waals surface area contributed by atoms with Crippen molar-refractivity contribution in [1.82, 2.24) is 4.90 Å². The molecule has 2 aromatic carbocycles. The van der Waals surface area contributed by atoms with Crippen LogP contribution in [0.2, 0.25) is 0 Å². The van der Waals surface area contributed by atoms with Gasteiger partial charge < -0.3 is 14.7 Å². The maximum Gasteiger partial charge on any atom is 0.348 e. The molecule has 0 atom stereocenters. The van der Waals surface area contributed by atoms with Gasteiger partial charge >= 0.3 is 5.97 Å². The van der Waals surface area contributed by atoms with Crippen LogP contribution in [0.15, 0.2) is 60.7 Å². The second kappa shape index (κ2) is 7.16. The minimum absolute atomic E-state index is 0.488. The third-order valence-electron chi connectivity index (χ3n) is 3.74. The number of ether oxygens (including phenoxy) is 1. The molecule has 4 heteroatoms. The van der Waals surface area contributed by atoms with Gasteiger partial charge in [0.2, 0.25) is 5.60 Å². The van der Waals surface area contributed by atoms with Crippen LogP contribution in [0, 0.1) is 0 Å². The number of nitrogens with zero attached hydrogens (tertiary/aromatic N) is 1. The van der Waals surface area contributed by atoms with E-state index < -0.39 is 17.2 Å². The number of aliphatic hydroxyl groups is 1. The number of carbonyl (C=O) groups excluding carboxylic acids is 1. The highest BCUT2D eigenvalue weighted by molar-refractivity contribution is 5.85. The van der Waals surface area contributed by atoms with Gasteiger partial charge in [0.25, 0.3) is 0 Å². The minimum atomic E-state index is -1.84. The zero-order valence-corrected chi connectivity index (χ0v) is 14.7.